The molecule has 2 atom stereocenters. The molecule has 166 valence electrons. The van der Waals surface area contributed by atoms with E-state index in [4.69, 9.17) is 25.3 Å². The predicted octanol–water partition coefficient (Wildman–Crippen LogP) is 6.56. The molecule has 1 N–H and O–H groups in total. The summed E-state index contributed by atoms with van der Waals surface area (Å²) in [5.41, 5.74) is 0.00649. The maximum absolute atomic E-state index is 13.0. The van der Waals surface area contributed by atoms with Crippen molar-refractivity contribution < 1.29 is 4.79 Å². The smallest absolute Gasteiger partial charge is 0.226 e. The number of hydrogen-bond donors (Lipinski definition) is 3. The topological polar surface area (TPSA) is 29.1 Å². The first-order valence-corrected chi connectivity index (χ1v) is 12.1. The van der Waals surface area contributed by atoms with Gasteiger partial charge in [-0.2, -0.15) is 25.3 Å². The summed E-state index contributed by atoms with van der Waals surface area (Å²) in [5.74, 6) is 0.598. The first-order valence-electron chi connectivity index (χ1n) is 11.0. The summed E-state index contributed by atoms with van der Waals surface area (Å²) in [6.45, 7) is 24.6. The fourth-order valence-electron chi connectivity index (χ4n) is 4.66. The fourth-order valence-corrected chi connectivity index (χ4v) is 5.45. The lowest BCUT2D eigenvalue weighted by molar-refractivity contribution is -0.131. The molecule has 0 saturated heterocycles. The van der Waals surface area contributed by atoms with E-state index in [9.17, 15) is 4.79 Å². The number of nitrogens with one attached hydrogen (secondary N) is 1. The van der Waals surface area contributed by atoms with Crippen LogP contribution in [0.3, 0.4) is 0 Å². The highest BCUT2D eigenvalue weighted by atomic mass is 32.1. The van der Waals surface area contributed by atoms with Gasteiger partial charge in [-0.3, -0.25) is 4.79 Å². The standard InChI is InChI=1S/C23H48BNOS2/c1-12-13-20(4,5)14-23(10,11)24-17(27)18(28)25-19(26)22(8,9)15-21(6,7)16(2)3/h16-18,24,27-28H,12-15H2,1-11H3,(H,25,26). The maximum Gasteiger partial charge on any atom is 0.226 e. The molecule has 0 bridgehead atoms. The number of hydrogen-bond acceptors (Lipinski definition) is 3. The summed E-state index contributed by atoms with van der Waals surface area (Å²) in [6.07, 6.45) is 4.43. The molecular formula is C23H48BNOS2. The Labute approximate surface area is 188 Å². The Hall–Kier alpha value is 0.235. The van der Waals surface area contributed by atoms with Gasteiger partial charge in [0.25, 0.3) is 0 Å². The minimum absolute atomic E-state index is 0.0219. The zero-order valence-electron chi connectivity index (χ0n) is 20.6. The van der Waals surface area contributed by atoms with E-state index in [1.807, 2.05) is 13.8 Å². The third-order valence-electron chi connectivity index (χ3n) is 6.36. The summed E-state index contributed by atoms with van der Waals surface area (Å²) in [4.78, 5) is 13.0. The molecule has 5 heteroatoms. The predicted molar refractivity (Wildman–Crippen MR) is 135 cm³/mol. The van der Waals surface area contributed by atoms with Crippen LogP contribution in [-0.4, -0.2) is 23.7 Å². The minimum Gasteiger partial charge on any atom is -0.344 e. The Morgan fingerprint density at radius 1 is 0.964 bits per heavy atom. The summed E-state index contributed by atoms with van der Waals surface area (Å²) < 4.78 is 0. The summed E-state index contributed by atoms with van der Waals surface area (Å²) in [7, 11) is 0.926. The number of rotatable bonds is 12. The minimum atomic E-state index is -0.430. The highest BCUT2D eigenvalue weighted by Crippen LogP contribution is 2.42. The highest BCUT2D eigenvalue weighted by molar-refractivity contribution is 7.86. The van der Waals surface area contributed by atoms with Gasteiger partial charge in [-0.1, -0.05) is 87.9 Å². The lowest BCUT2D eigenvalue weighted by Crippen LogP contribution is -2.48. The quantitative estimate of drug-likeness (QED) is 0.183. The molecule has 0 spiro atoms. The van der Waals surface area contributed by atoms with Crippen LogP contribution in [0, 0.1) is 22.2 Å². The molecule has 0 heterocycles. The number of amides is 1. The summed E-state index contributed by atoms with van der Waals surface area (Å²) in [5, 5.41) is 3.08. The molecule has 0 aliphatic heterocycles. The van der Waals surface area contributed by atoms with Crippen LogP contribution in [0.4, 0.5) is 0 Å². The molecule has 2 nitrogen and oxygen atoms in total. The second-order valence-electron chi connectivity index (χ2n) is 12.1. The monoisotopic (exact) mass is 429 g/mol. The molecule has 2 unspecified atom stereocenters. The van der Waals surface area contributed by atoms with Gasteiger partial charge in [0.15, 0.2) is 0 Å². The van der Waals surface area contributed by atoms with Crippen molar-refractivity contribution in [3.63, 3.8) is 0 Å². The van der Waals surface area contributed by atoms with Crippen molar-refractivity contribution in [2.45, 2.75) is 118 Å². The Morgan fingerprint density at radius 3 is 1.89 bits per heavy atom. The van der Waals surface area contributed by atoms with E-state index in [2.05, 4.69) is 67.6 Å². The third kappa shape index (κ3) is 9.83. The Morgan fingerprint density at radius 2 is 1.46 bits per heavy atom. The SMILES string of the molecule is CCCC(C)(C)CC(C)(C)BC(S)C(S)NC(=O)C(C)(C)CC(C)(C)C(C)C. The van der Waals surface area contributed by atoms with Gasteiger partial charge < -0.3 is 5.32 Å². The molecule has 0 radical (unpaired) electrons. The highest BCUT2D eigenvalue weighted by Gasteiger charge is 2.38. The normalized spacial score (nSPS) is 16.1. The van der Waals surface area contributed by atoms with Gasteiger partial charge in [0.2, 0.25) is 5.91 Å². The van der Waals surface area contributed by atoms with Crippen LogP contribution < -0.4 is 5.32 Å². The van der Waals surface area contributed by atoms with E-state index >= 15 is 0 Å². The van der Waals surface area contributed by atoms with E-state index in [-0.39, 0.29) is 27.2 Å². The molecule has 1 amide bonds. The van der Waals surface area contributed by atoms with E-state index < -0.39 is 5.41 Å². The van der Waals surface area contributed by atoms with E-state index in [1.165, 1.54) is 12.8 Å². The van der Waals surface area contributed by atoms with Gasteiger partial charge in [0.05, 0.1) is 5.37 Å². The van der Waals surface area contributed by atoms with Gasteiger partial charge >= 0.3 is 0 Å². The number of carbonyl (C=O) groups excluding carboxylic acids is 1. The van der Waals surface area contributed by atoms with E-state index in [1.54, 1.807) is 0 Å². The van der Waals surface area contributed by atoms with Gasteiger partial charge in [-0.05, 0) is 36.0 Å². The number of carbonyl (C=O) groups is 1. The first kappa shape index (κ1) is 28.2. The molecule has 0 aliphatic carbocycles. The van der Waals surface area contributed by atoms with Crippen molar-refractivity contribution >= 4 is 38.4 Å². The fraction of sp³-hybridized carbons (Fsp3) is 0.957. The third-order valence-corrected chi connectivity index (χ3v) is 7.57. The summed E-state index contributed by atoms with van der Waals surface area (Å²) in [6, 6.07) is 0. The van der Waals surface area contributed by atoms with Crippen molar-refractivity contribution in [1.82, 2.24) is 5.32 Å². The maximum atomic E-state index is 13.0. The summed E-state index contributed by atoms with van der Waals surface area (Å²) >= 11 is 9.52. The molecule has 0 aromatic heterocycles. The number of thiol groups is 2. The zero-order chi connectivity index (χ0) is 22.6. The van der Waals surface area contributed by atoms with Crippen LogP contribution in [0.2, 0.25) is 5.31 Å². The average Bonchev–Trinajstić information content (AvgIpc) is 2.43. The molecule has 0 rings (SSSR count). The lowest BCUT2D eigenvalue weighted by Gasteiger charge is -2.39. The van der Waals surface area contributed by atoms with Crippen LogP contribution in [0.1, 0.15) is 102 Å². The Bertz CT molecular complexity index is 501. The largest absolute Gasteiger partial charge is 0.344 e. The van der Waals surface area contributed by atoms with Crippen molar-refractivity contribution in [3.05, 3.63) is 0 Å². The van der Waals surface area contributed by atoms with Crippen molar-refractivity contribution in [2.75, 3.05) is 0 Å². The molecule has 0 aromatic carbocycles. The van der Waals surface area contributed by atoms with Gasteiger partial charge in [-0.25, -0.2) is 0 Å². The van der Waals surface area contributed by atoms with Crippen molar-refractivity contribution in [2.24, 2.45) is 22.2 Å². The van der Waals surface area contributed by atoms with Crippen LogP contribution in [0.25, 0.3) is 0 Å². The van der Waals surface area contributed by atoms with Crippen LogP contribution in [0.15, 0.2) is 0 Å². The molecule has 0 aromatic rings. The average molecular weight is 430 g/mol. The van der Waals surface area contributed by atoms with E-state index in [0.717, 1.165) is 20.1 Å². The molecule has 0 saturated carbocycles. The second kappa shape index (κ2) is 10.5. The van der Waals surface area contributed by atoms with Crippen molar-refractivity contribution in [3.8, 4) is 0 Å². The van der Waals surface area contributed by atoms with Gasteiger partial charge in [0.1, 0.15) is 7.28 Å². The van der Waals surface area contributed by atoms with Crippen LogP contribution >= 0.6 is 25.3 Å². The van der Waals surface area contributed by atoms with Crippen LogP contribution in [-0.2, 0) is 4.79 Å². The van der Waals surface area contributed by atoms with Crippen molar-refractivity contribution in [1.29, 1.82) is 0 Å². The van der Waals surface area contributed by atoms with Crippen LogP contribution in [0.5, 0.6) is 0 Å². The lowest BCUT2D eigenvalue weighted by atomic mass is 9.48. The van der Waals surface area contributed by atoms with Gasteiger partial charge in [0, 0.05) is 10.6 Å². The molecule has 28 heavy (non-hydrogen) atoms. The van der Waals surface area contributed by atoms with Gasteiger partial charge in [-0.15, -0.1) is 0 Å². The Balaban J connectivity index is 4.92. The molecule has 0 fully saturated rings. The first-order chi connectivity index (χ1) is 12.4. The zero-order valence-corrected chi connectivity index (χ0v) is 22.4. The Kier molecular flexibility index (Phi) is 10.6. The molecular weight excluding hydrogens is 381 g/mol. The molecule has 0 aliphatic rings. The van der Waals surface area contributed by atoms with E-state index in [0.29, 0.717) is 11.3 Å². The second-order valence-corrected chi connectivity index (χ2v) is 13.4.